The summed E-state index contributed by atoms with van der Waals surface area (Å²) in [6.07, 6.45) is -0.374. The molecule has 1 aliphatic heterocycles. The summed E-state index contributed by atoms with van der Waals surface area (Å²) in [6.45, 7) is 10.1. The molecule has 1 saturated heterocycles. The van der Waals surface area contributed by atoms with Gasteiger partial charge >= 0.3 is 6.09 Å². The van der Waals surface area contributed by atoms with Crippen molar-refractivity contribution in [3.05, 3.63) is 23.4 Å². The van der Waals surface area contributed by atoms with E-state index >= 15 is 0 Å². The predicted molar refractivity (Wildman–Crippen MR) is 83.6 cm³/mol. The van der Waals surface area contributed by atoms with Crippen LogP contribution in [0.3, 0.4) is 0 Å². The molecule has 2 heterocycles. The van der Waals surface area contributed by atoms with Gasteiger partial charge in [-0.15, -0.1) is 0 Å². The molecule has 0 atom stereocenters. The second-order valence-corrected chi connectivity index (χ2v) is 6.67. The highest BCUT2D eigenvalue weighted by atomic mass is 16.6. The van der Waals surface area contributed by atoms with Crippen LogP contribution in [0.25, 0.3) is 0 Å². The average Bonchev–Trinajstić information content (AvgIpc) is 2.29. The Hall–Kier alpha value is -2.11. The Morgan fingerprint density at radius 2 is 1.91 bits per heavy atom. The Kier molecular flexibility index (Phi) is 4.39. The van der Waals surface area contributed by atoms with Crippen LogP contribution in [0, 0.1) is 19.8 Å². The summed E-state index contributed by atoms with van der Waals surface area (Å²) in [6, 6.07) is 3.70. The molecule has 0 saturated carbocycles. The minimum Gasteiger partial charge on any atom is -0.444 e. The summed E-state index contributed by atoms with van der Waals surface area (Å²) in [4.78, 5) is 29.8. The van der Waals surface area contributed by atoms with Gasteiger partial charge in [0, 0.05) is 18.8 Å². The number of carbonyl (C=O) groups excluding carboxylic acids is 2. The van der Waals surface area contributed by atoms with Gasteiger partial charge in [-0.05, 0) is 46.2 Å². The first-order chi connectivity index (χ1) is 10.2. The van der Waals surface area contributed by atoms with Crippen molar-refractivity contribution in [3.8, 4) is 0 Å². The quantitative estimate of drug-likeness (QED) is 0.911. The molecule has 0 aromatic carbocycles. The van der Waals surface area contributed by atoms with Gasteiger partial charge in [-0.2, -0.15) is 0 Å². The van der Waals surface area contributed by atoms with Crippen molar-refractivity contribution in [1.29, 1.82) is 0 Å². The monoisotopic (exact) mass is 305 g/mol. The zero-order chi connectivity index (χ0) is 16.5. The van der Waals surface area contributed by atoms with Gasteiger partial charge in [0.15, 0.2) is 0 Å². The van der Waals surface area contributed by atoms with Crippen molar-refractivity contribution in [2.75, 3.05) is 18.4 Å². The molecule has 0 aliphatic carbocycles. The molecule has 0 spiro atoms. The van der Waals surface area contributed by atoms with E-state index in [-0.39, 0.29) is 17.9 Å². The third-order valence-corrected chi connectivity index (χ3v) is 3.51. The van der Waals surface area contributed by atoms with E-state index in [0.717, 1.165) is 11.3 Å². The van der Waals surface area contributed by atoms with Crippen LogP contribution in [0.4, 0.5) is 10.6 Å². The second-order valence-electron chi connectivity index (χ2n) is 6.67. The highest BCUT2D eigenvalue weighted by Crippen LogP contribution is 2.21. The van der Waals surface area contributed by atoms with Gasteiger partial charge in [0.1, 0.15) is 11.4 Å². The molecule has 22 heavy (non-hydrogen) atoms. The molecule has 1 N–H and O–H groups in total. The minimum atomic E-state index is -0.520. The van der Waals surface area contributed by atoms with Crippen LogP contribution in [-0.4, -0.2) is 40.6 Å². The molecule has 120 valence electrons. The van der Waals surface area contributed by atoms with Crippen molar-refractivity contribution < 1.29 is 14.3 Å². The van der Waals surface area contributed by atoms with Gasteiger partial charge in [0.2, 0.25) is 5.91 Å². The molecule has 6 heteroatoms. The Bertz CT molecular complexity index is 587. The zero-order valence-electron chi connectivity index (χ0n) is 13.8. The van der Waals surface area contributed by atoms with E-state index in [4.69, 9.17) is 4.74 Å². The SMILES string of the molecule is Cc1ccc(NC(=O)C2CN(C(=O)OC(C)(C)C)C2)nc1C. The first kappa shape index (κ1) is 16.3. The number of anilines is 1. The number of rotatable bonds is 2. The van der Waals surface area contributed by atoms with E-state index in [9.17, 15) is 9.59 Å². The molecule has 2 amide bonds. The molecule has 0 unspecified atom stereocenters. The number of amides is 2. The number of carbonyl (C=O) groups is 2. The molecule has 1 fully saturated rings. The van der Waals surface area contributed by atoms with Crippen LogP contribution in [-0.2, 0) is 9.53 Å². The fourth-order valence-electron chi connectivity index (χ4n) is 2.05. The molecule has 0 radical (unpaired) electrons. The van der Waals surface area contributed by atoms with Crippen molar-refractivity contribution in [2.24, 2.45) is 5.92 Å². The summed E-state index contributed by atoms with van der Waals surface area (Å²) in [5.74, 6) is 0.218. The van der Waals surface area contributed by atoms with Gasteiger partial charge in [0.25, 0.3) is 0 Å². The van der Waals surface area contributed by atoms with E-state index in [1.54, 1.807) is 6.07 Å². The van der Waals surface area contributed by atoms with Crippen LogP contribution < -0.4 is 5.32 Å². The number of hydrogen-bond acceptors (Lipinski definition) is 4. The number of ether oxygens (including phenoxy) is 1. The maximum Gasteiger partial charge on any atom is 0.410 e. The Morgan fingerprint density at radius 3 is 2.45 bits per heavy atom. The summed E-state index contributed by atoms with van der Waals surface area (Å²) >= 11 is 0. The van der Waals surface area contributed by atoms with Crippen molar-refractivity contribution >= 4 is 17.8 Å². The summed E-state index contributed by atoms with van der Waals surface area (Å²) < 4.78 is 5.26. The lowest BCUT2D eigenvalue weighted by Gasteiger charge is -2.38. The van der Waals surface area contributed by atoms with E-state index in [1.807, 2.05) is 40.7 Å². The lowest BCUT2D eigenvalue weighted by molar-refractivity contribution is -0.124. The van der Waals surface area contributed by atoms with Gasteiger partial charge in [-0.25, -0.2) is 9.78 Å². The van der Waals surface area contributed by atoms with E-state index < -0.39 is 5.60 Å². The summed E-state index contributed by atoms with van der Waals surface area (Å²) in [5.41, 5.74) is 1.45. The molecule has 6 nitrogen and oxygen atoms in total. The predicted octanol–water partition coefficient (Wildman–Crippen LogP) is 2.50. The number of hydrogen-bond donors (Lipinski definition) is 1. The Labute approximate surface area is 130 Å². The minimum absolute atomic E-state index is 0.115. The van der Waals surface area contributed by atoms with Crippen LogP contribution in [0.5, 0.6) is 0 Å². The topological polar surface area (TPSA) is 71.5 Å². The van der Waals surface area contributed by atoms with Gasteiger partial charge in [-0.3, -0.25) is 4.79 Å². The standard InChI is InChI=1S/C16H23N3O3/c1-10-6-7-13(17-11(10)2)18-14(20)12-8-19(9-12)15(21)22-16(3,4)5/h6-7,12H,8-9H2,1-5H3,(H,17,18,20). The van der Waals surface area contributed by atoms with Crippen LogP contribution >= 0.6 is 0 Å². The fraction of sp³-hybridized carbons (Fsp3) is 0.562. The number of aryl methyl sites for hydroxylation is 2. The highest BCUT2D eigenvalue weighted by Gasteiger charge is 2.37. The molecular formula is C16H23N3O3. The lowest BCUT2D eigenvalue weighted by Crippen LogP contribution is -2.55. The first-order valence-electron chi connectivity index (χ1n) is 7.39. The third-order valence-electron chi connectivity index (χ3n) is 3.51. The first-order valence-corrected chi connectivity index (χ1v) is 7.39. The Morgan fingerprint density at radius 1 is 1.27 bits per heavy atom. The molecule has 2 rings (SSSR count). The average molecular weight is 305 g/mol. The molecule has 0 bridgehead atoms. The zero-order valence-corrected chi connectivity index (χ0v) is 13.8. The highest BCUT2D eigenvalue weighted by molar-refractivity contribution is 5.93. The molecular weight excluding hydrogens is 282 g/mol. The number of pyridine rings is 1. The second kappa shape index (κ2) is 5.94. The van der Waals surface area contributed by atoms with Gasteiger partial charge < -0.3 is 15.0 Å². The van der Waals surface area contributed by atoms with E-state index in [0.29, 0.717) is 18.9 Å². The Balaban J connectivity index is 1.84. The smallest absolute Gasteiger partial charge is 0.410 e. The van der Waals surface area contributed by atoms with E-state index in [1.165, 1.54) is 4.90 Å². The summed E-state index contributed by atoms with van der Waals surface area (Å²) in [5, 5.41) is 2.79. The van der Waals surface area contributed by atoms with Crippen LogP contribution in [0.2, 0.25) is 0 Å². The van der Waals surface area contributed by atoms with E-state index in [2.05, 4.69) is 10.3 Å². The van der Waals surface area contributed by atoms with Gasteiger partial charge in [0.05, 0.1) is 5.92 Å². The maximum absolute atomic E-state index is 12.1. The third kappa shape index (κ3) is 3.96. The van der Waals surface area contributed by atoms with Crippen molar-refractivity contribution in [3.63, 3.8) is 0 Å². The summed E-state index contributed by atoms with van der Waals surface area (Å²) in [7, 11) is 0. The number of nitrogens with zero attached hydrogens (tertiary/aromatic N) is 2. The maximum atomic E-state index is 12.1. The lowest BCUT2D eigenvalue weighted by atomic mass is 10.00. The van der Waals surface area contributed by atoms with Crippen LogP contribution in [0.15, 0.2) is 12.1 Å². The molecule has 1 aliphatic rings. The van der Waals surface area contributed by atoms with Crippen molar-refractivity contribution in [1.82, 2.24) is 9.88 Å². The number of aromatic nitrogens is 1. The molecule has 1 aromatic rings. The molecule has 1 aromatic heterocycles. The number of likely N-dealkylation sites (tertiary alicyclic amines) is 1. The van der Waals surface area contributed by atoms with Crippen LogP contribution in [0.1, 0.15) is 32.0 Å². The normalized spacial score (nSPS) is 15.2. The number of nitrogens with one attached hydrogen (secondary N) is 1. The van der Waals surface area contributed by atoms with Crippen molar-refractivity contribution in [2.45, 2.75) is 40.2 Å². The fourth-order valence-corrected chi connectivity index (χ4v) is 2.05. The van der Waals surface area contributed by atoms with Gasteiger partial charge in [-0.1, -0.05) is 6.07 Å². The largest absolute Gasteiger partial charge is 0.444 e.